The Morgan fingerprint density at radius 2 is 2.20 bits per heavy atom. The van der Waals surface area contributed by atoms with Crippen molar-refractivity contribution in [3.05, 3.63) is 45.8 Å². The maximum atomic E-state index is 5.53. The summed E-state index contributed by atoms with van der Waals surface area (Å²) in [6.45, 7) is 2.43. The van der Waals surface area contributed by atoms with E-state index in [1.807, 2.05) is 24.4 Å². The standard InChI is InChI=1S/C13H13N5OS/c1-8-16-10(7-20-8)4-12-17-13(19-18-12)11-3-2-9(5-14)6-15-11/h2-3,6-7H,4-5,14H2,1H3. The zero-order valence-corrected chi connectivity index (χ0v) is 11.7. The highest BCUT2D eigenvalue weighted by Crippen LogP contribution is 2.17. The highest BCUT2D eigenvalue weighted by Gasteiger charge is 2.11. The van der Waals surface area contributed by atoms with E-state index in [9.17, 15) is 0 Å². The zero-order chi connectivity index (χ0) is 13.9. The van der Waals surface area contributed by atoms with Gasteiger partial charge >= 0.3 is 0 Å². The lowest BCUT2D eigenvalue weighted by Gasteiger charge is -1.96. The number of hydrogen-bond donors (Lipinski definition) is 1. The van der Waals surface area contributed by atoms with Crippen LogP contribution in [0.3, 0.4) is 0 Å². The quantitative estimate of drug-likeness (QED) is 0.788. The molecule has 2 N–H and O–H groups in total. The molecule has 0 aliphatic carbocycles. The molecular formula is C13H13N5OS. The lowest BCUT2D eigenvalue weighted by molar-refractivity contribution is 0.422. The average Bonchev–Trinajstić information content (AvgIpc) is 3.09. The zero-order valence-electron chi connectivity index (χ0n) is 10.9. The Kier molecular flexibility index (Phi) is 3.53. The second kappa shape index (κ2) is 5.48. The van der Waals surface area contributed by atoms with Crippen molar-refractivity contribution in [2.45, 2.75) is 19.9 Å². The summed E-state index contributed by atoms with van der Waals surface area (Å²) >= 11 is 1.61. The molecule has 0 spiro atoms. The molecule has 3 rings (SSSR count). The molecule has 0 aliphatic heterocycles. The third-order valence-corrected chi connectivity index (χ3v) is 3.58. The van der Waals surface area contributed by atoms with Gasteiger partial charge in [0, 0.05) is 18.1 Å². The molecule has 7 heteroatoms. The topological polar surface area (TPSA) is 90.7 Å². The van der Waals surface area contributed by atoms with Gasteiger partial charge in [0.05, 0.1) is 17.1 Å². The first-order valence-electron chi connectivity index (χ1n) is 6.13. The minimum atomic E-state index is 0.413. The van der Waals surface area contributed by atoms with E-state index in [4.69, 9.17) is 10.3 Å². The van der Waals surface area contributed by atoms with Crippen LogP contribution in [0.5, 0.6) is 0 Å². The van der Waals surface area contributed by atoms with E-state index in [1.165, 1.54) is 0 Å². The lowest BCUT2D eigenvalue weighted by Crippen LogP contribution is -1.97. The summed E-state index contributed by atoms with van der Waals surface area (Å²) in [5.74, 6) is 1.02. The number of nitrogens with zero attached hydrogens (tertiary/aromatic N) is 4. The molecule has 6 nitrogen and oxygen atoms in total. The van der Waals surface area contributed by atoms with Gasteiger partial charge in [0.25, 0.3) is 5.89 Å². The van der Waals surface area contributed by atoms with E-state index < -0.39 is 0 Å². The second-order valence-corrected chi connectivity index (χ2v) is 5.37. The first kappa shape index (κ1) is 12.9. The Bertz CT molecular complexity index is 704. The van der Waals surface area contributed by atoms with Crippen molar-refractivity contribution >= 4 is 11.3 Å². The maximum Gasteiger partial charge on any atom is 0.276 e. The number of hydrogen-bond acceptors (Lipinski definition) is 7. The largest absolute Gasteiger partial charge is 0.332 e. The van der Waals surface area contributed by atoms with Crippen LogP contribution in [0.15, 0.2) is 28.2 Å². The van der Waals surface area contributed by atoms with Gasteiger partial charge in [-0.2, -0.15) is 4.98 Å². The molecular weight excluding hydrogens is 274 g/mol. The smallest absolute Gasteiger partial charge is 0.276 e. The molecule has 0 bridgehead atoms. The van der Waals surface area contributed by atoms with Crippen LogP contribution in [0.1, 0.15) is 22.1 Å². The van der Waals surface area contributed by atoms with Gasteiger partial charge in [0.15, 0.2) is 5.82 Å². The first-order valence-corrected chi connectivity index (χ1v) is 7.01. The van der Waals surface area contributed by atoms with Gasteiger partial charge in [-0.3, -0.25) is 4.98 Å². The second-order valence-electron chi connectivity index (χ2n) is 4.31. The minimum Gasteiger partial charge on any atom is -0.332 e. The molecule has 0 saturated heterocycles. The Balaban J connectivity index is 1.78. The van der Waals surface area contributed by atoms with Crippen molar-refractivity contribution < 1.29 is 4.52 Å². The third kappa shape index (κ3) is 2.73. The van der Waals surface area contributed by atoms with Crippen LogP contribution in [0.2, 0.25) is 0 Å². The van der Waals surface area contributed by atoms with Crippen LogP contribution in [-0.2, 0) is 13.0 Å². The Morgan fingerprint density at radius 3 is 2.85 bits per heavy atom. The molecule has 0 radical (unpaired) electrons. The summed E-state index contributed by atoms with van der Waals surface area (Å²) in [5.41, 5.74) is 8.10. The number of aryl methyl sites for hydroxylation is 1. The molecule has 0 saturated carbocycles. The molecule has 3 aromatic rings. The molecule has 0 aromatic carbocycles. The van der Waals surface area contributed by atoms with Gasteiger partial charge in [-0.1, -0.05) is 11.2 Å². The van der Waals surface area contributed by atoms with E-state index in [1.54, 1.807) is 17.5 Å². The highest BCUT2D eigenvalue weighted by molar-refractivity contribution is 7.09. The number of nitrogens with two attached hydrogens (primary N) is 1. The fraction of sp³-hybridized carbons (Fsp3) is 0.231. The minimum absolute atomic E-state index is 0.413. The summed E-state index contributed by atoms with van der Waals surface area (Å²) in [5, 5.41) is 6.98. The van der Waals surface area contributed by atoms with Crippen LogP contribution in [0, 0.1) is 6.92 Å². The van der Waals surface area contributed by atoms with Crippen LogP contribution < -0.4 is 5.73 Å². The third-order valence-electron chi connectivity index (χ3n) is 2.75. The molecule has 0 atom stereocenters. The first-order chi connectivity index (χ1) is 9.74. The number of aromatic nitrogens is 4. The number of rotatable bonds is 4. The van der Waals surface area contributed by atoms with E-state index in [0.717, 1.165) is 16.3 Å². The van der Waals surface area contributed by atoms with E-state index in [0.29, 0.717) is 30.4 Å². The molecule has 20 heavy (non-hydrogen) atoms. The Morgan fingerprint density at radius 1 is 1.30 bits per heavy atom. The van der Waals surface area contributed by atoms with Gasteiger partial charge in [0.1, 0.15) is 5.69 Å². The summed E-state index contributed by atoms with van der Waals surface area (Å²) in [7, 11) is 0. The Labute approximate surface area is 119 Å². The number of thiazole rings is 1. The SMILES string of the molecule is Cc1nc(Cc2noc(-c3ccc(CN)cn3)n2)cs1. The fourth-order valence-corrected chi connectivity index (χ4v) is 2.37. The van der Waals surface area contributed by atoms with Gasteiger partial charge in [0.2, 0.25) is 0 Å². The van der Waals surface area contributed by atoms with Crippen molar-refractivity contribution in [1.29, 1.82) is 0 Å². The van der Waals surface area contributed by atoms with Gasteiger partial charge in [-0.25, -0.2) is 4.98 Å². The molecule has 0 aliphatic rings. The fourth-order valence-electron chi connectivity index (χ4n) is 1.75. The normalized spacial score (nSPS) is 10.9. The molecule has 3 heterocycles. The monoisotopic (exact) mass is 287 g/mol. The summed E-state index contributed by atoms with van der Waals surface area (Å²) in [4.78, 5) is 13.0. The van der Waals surface area contributed by atoms with Crippen molar-refractivity contribution in [2.24, 2.45) is 5.73 Å². The van der Waals surface area contributed by atoms with E-state index in [2.05, 4.69) is 20.1 Å². The van der Waals surface area contributed by atoms with Crippen molar-refractivity contribution in [1.82, 2.24) is 20.1 Å². The van der Waals surface area contributed by atoms with Crippen molar-refractivity contribution in [2.75, 3.05) is 0 Å². The number of pyridine rings is 1. The molecule has 3 aromatic heterocycles. The van der Waals surface area contributed by atoms with E-state index >= 15 is 0 Å². The lowest BCUT2D eigenvalue weighted by atomic mass is 10.2. The van der Waals surface area contributed by atoms with Crippen LogP contribution >= 0.6 is 11.3 Å². The van der Waals surface area contributed by atoms with Crippen molar-refractivity contribution in [3.63, 3.8) is 0 Å². The summed E-state index contributed by atoms with van der Waals surface area (Å²) < 4.78 is 5.22. The van der Waals surface area contributed by atoms with Gasteiger partial charge in [-0.05, 0) is 18.6 Å². The van der Waals surface area contributed by atoms with Crippen LogP contribution in [0.25, 0.3) is 11.6 Å². The van der Waals surface area contributed by atoms with E-state index in [-0.39, 0.29) is 0 Å². The van der Waals surface area contributed by atoms with Gasteiger partial charge in [-0.15, -0.1) is 11.3 Å². The van der Waals surface area contributed by atoms with Crippen molar-refractivity contribution in [3.8, 4) is 11.6 Å². The van der Waals surface area contributed by atoms with Crippen LogP contribution in [0.4, 0.5) is 0 Å². The predicted octanol–water partition coefficient (Wildman–Crippen LogP) is 1.95. The van der Waals surface area contributed by atoms with Gasteiger partial charge < -0.3 is 10.3 Å². The average molecular weight is 287 g/mol. The molecule has 102 valence electrons. The predicted molar refractivity (Wildman–Crippen MR) is 75.1 cm³/mol. The molecule has 0 fully saturated rings. The molecule has 0 amide bonds. The molecule has 0 unspecified atom stereocenters. The summed E-state index contributed by atoms with van der Waals surface area (Å²) in [6.07, 6.45) is 2.28. The highest BCUT2D eigenvalue weighted by atomic mass is 32.1. The summed E-state index contributed by atoms with van der Waals surface area (Å²) in [6, 6.07) is 3.72. The maximum absolute atomic E-state index is 5.53. The Hall–Kier alpha value is -2.12. The van der Waals surface area contributed by atoms with Crippen LogP contribution in [-0.4, -0.2) is 20.1 Å².